The molecule has 37 heavy (non-hydrogen) atoms. The van der Waals surface area contributed by atoms with Crippen LogP contribution in [-0.2, 0) is 6.42 Å². The smallest absolute Gasteiger partial charge is 0.343 e. The lowest BCUT2D eigenvalue weighted by Crippen LogP contribution is -2.08. The average Bonchev–Trinajstić information content (AvgIpc) is 3.40. The molecule has 4 heteroatoms. The van der Waals surface area contributed by atoms with Crippen molar-refractivity contribution in [3.63, 3.8) is 0 Å². The number of thiophene rings is 1. The van der Waals surface area contributed by atoms with Crippen molar-refractivity contribution < 1.29 is 14.3 Å². The summed E-state index contributed by atoms with van der Waals surface area (Å²) in [6, 6.07) is 19.5. The van der Waals surface area contributed by atoms with E-state index < -0.39 is 0 Å². The molecule has 0 bridgehead atoms. The van der Waals surface area contributed by atoms with Crippen LogP contribution < -0.4 is 9.47 Å². The Morgan fingerprint density at radius 2 is 1.24 bits per heavy atom. The minimum Gasteiger partial charge on any atom is -0.494 e. The molecule has 2 aromatic carbocycles. The summed E-state index contributed by atoms with van der Waals surface area (Å²) in [5, 5.41) is 0. The van der Waals surface area contributed by atoms with Crippen molar-refractivity contribution in [2.45, 2.75) is 97.3 Å². The van der Waals surface area contributed by atoms with Crippen LogP contribution in [0.5, 0.6) is 11.5 Å². The van der Waals surface area contributed by atoms with E-state index in [2.05, 4.69) is 26.0 Å². The summed E-state index contributed by atoms with van der Waals surface area (Å²) in [7, 11) is 0. The summed E-state index contributed by atoms with van der Waals surface area (Å²) >= 11 is 1.86. The van der Waals surface area contributed by atoms with Gasteiger partial charge in [0, 0.05) is 9.75 Å². The van der Waals surface area contributed by atoms with Crippen LogP contribution >= 0.6 is 11.3 Å². The molecule has 0 unspecified atom stereocenters. The van der Waals surface area contributed by atoms with Gasteiger partial charge in [0.2, 0.25) is 0 Å². The first-order valence-electron chi connectivity index (χ1n) is 14.3. The van der Waals surface area contributed by atoms with Gasteiger partial charge in [0.15, 0.2) is 0 Å². The minimum atomic E-state index is -0.346. The number of rotatable bonds is 18. The molecule has 0 spiro atoms. The fourth-order valence-electron chi connectivity index (χ4n) is 4.36. The number of benzene rings is 2. The van der Waals surface area contributed by atoms with Crippen molar-refractivity contribution in [3.05, 3.63) is 71.1 Å². The lowest BCUT2D eigenvalue weighted by molar-refractivity contribution is 0.0734. The summed E-state index contributed by atoms with van der Waals surface area (Å²) in [6.07, 6.45) is 16.7. The Labute approximate surface area is 228 Å². The first-order chi connectivity index (χ1) is 18.2. The molecule has 0 aliphatic carbocycles. The number of carbonyl (C=O) groups excluding carboxylic acids is 1. The van der Waals surface area contributed by atoms with Crippen molar-refractivity contribution >= 4 is 17.3 Å². The van der Waals surface area contributed by atoms with Crippen molar-refractivity contribution in [1.29, 1.82) is 0 Å². The number of unbranched alkanes of at least 4 members (excludes halogenated alkanes) is 10. The normalized spacial score (nSPS) is 11.0. The summed E-state index contributed by atoms with van der Waals surface area (Å²) < 4.78 is 11.3. The zero-order valence-electron chi connectivity index (χ0n) is 22.8. The average molecular weight is 521 g/mol. The first-order valence-corrected chi connectivity index (χ1v) is 15.2. The maximum atomic E-state index is 12.6. The number of hydrogen-bond acceptors (Lipinski definition) is 4. The van der Waals surface area contributed by atoms with E-state index in [0.717, 1.165) is 30.8 Å². The van der Waals surface area contributed by atoms with Crippen molar-refractivity contribution in [2.24, 2.45) is 0 Å². The fourth-order valence-corrected chi connectivity index (χ4v) is 5.41. The van der Waals surface area contributed by atoms with Crippen molar-refractivity contribution in [2.75, 3.05) is 6.61 Å². The third kappa shape index (κ3) is 10.7. The molecular weight excluding hydrogens is 476 g/mol. The molecule has 200 valence electrons. The van der Waals surface area contributed by atoms with Gasteiger partial charge in [-0.3, -0.25) is 0 Å². The van der Waals surface area contributed by atoms with Gasteiger partial charge in [0.05, 0.1) is 12.2 Å². The molecule has 0 N–H and O–H groups in total. The fraction of sp³-hybridized carbons (Fsp3) is 0.485. The van der Waals surface area contributed by atoms with E-state index in [9.17, 15) is 4.79 Å². The van der Waals surface area contributed by atoms with E-state index in [1.165, 1.54) is 80.4 Å². The molecule has 0 saturated heterocycles. The molecule has 0 saturated carbocycles. The van der Waals surface area contributed by atoms with Gasteiger partial charge in [0.25, 0.3) is 0 Å². The van der Waals surface area contributed by atoms with Gasteiger partial charge in [-0.25, -0.2) is 4.79 Å². The van der Waals surface area contributed by atoms with E-state index in [0.29, 0.717) is 11.3 Å². The highest BCUT2D eigenvalue weighted by atomic mass is 32.1. The van der Waals surface area contributed by atoms with Crippen LogP contribution in [0.25, 0.3) is 10.4 Å². The van der Waals surface area contributed by atoms with E-state index in [-0.39, 0.29) is 5.97 Å². The molecule has 3 nitrogen and oxygen atoms in total. The van der Waals surface area contributed by atoms with Crippen LogP contribution in [-0.4, -0.2) is 12.6 Å². The molecule has 1 aromatic heterocycles. The number of esters is 1. The number of carbonyl (C=O) groups is 1. The van der Waals surface area contributed by atoms with Gasteiger partial charge >= 0.3 is 5.97 Å². The Balaban J connectivity index is 1.40. The predicted octanol–water partition coefficient (Wildman–Crippen LogP) is 10.3. The van der Waals surface area contributed by atoms with Crippen molar-refractivity contribution in [1.82, 2.24) is 0 Å². The molecule has 0 atom stereocenters. The largest absolute Gasteiger partial charge is 0.494 e. The quantitative estimate of drug-likeness (QED) is 0.0950. The van der Waals surface area contributed by atoms with E-state index in [4.69, 9.17) is 9.47 Å². The van der Waals surface area contributed by atoms with Crippen LogP contribution in [0, 0.1) is 0 Å². The van der Waals surface area contributed by atoms with Crippen molar-refractivity contribution in [3.8, 4) is 21.9 Å². The zero-order chi connectivity index (χ0) is 26.1. The Kier molecular flexibility index (Phi) is 13.3. The second-order valence-electron chi connectivity index (χ2n) is 9.84. The maximum Gasteiger partial charge on any atom is 0.343 e. The topological polar surface area (TPSA) is 35.5 Å². The molecule has 0 radical (unpaired) electrons. The maximum absolute atomic E-state index is 12.6. The predicted molar refractivity (Wildman–Crippen MR) is 157 cm³/mol. The molecule has 3 rings (SSSR count). The molecule has 3 aromatic rings. The standard InChI is InChI=1S/C33H44O3S/c1-3-5-7-9-10-11-12-13-15-31-24-25-32(37-31)27-16-18-28(19-17-27)33(34)36-30-22-20-29(21-23-30)35-26-14-8-6-4-2/h16-25H,3-15,26H2,1-2H3. The molecular formula is C33H44O3S. The summed E-state index contributed by atoms with van der Waals surface area (Å²) in [5.74, 6) is 0.982. The second kappa shape index (κ2) is 17.0. The Bertz CT molecular complexity index is 1020. The number of aryl methyl sites for hydroxylation is 1. The molecule has 0 aliphatic rings. The zero-order valence-corrected chi connectivity index (χ0v) is 23.6. The third-order valence-corrected chi connectivity index (χ3v) is 7.84. The Morgan fingerprint density at radius 3 is 1.92 bits per heavy atom. The van der Waals surface area contributed by atoms with Gasteiger partial charge in [-0.2, -0.15) is 0 Å². The van der Waals surface area contributed by atoms with Crippen LogP contribution in [0.1, 0.15) is 106 Å². The van der Waals surface area contributed by atoms with E-state index >= 15 is 0 Å². The number of hydrogen-bond donors (Lipinski definition) is 0. The highest BCUT2D eigenvalue weighted by Gasteiger charge is 2.10. The molecule has 0 amide bonds. The molecule has 1 heterocycles. The molecule has 0 fully saturated rings. The van der Waals surface area contributed by atoms with Crippen LogP contribution in [0.3, 0.4) is 0 Å². The monoisotopic (exact) mass is 520 g/mol. The Hall–Kier alpha value is -2.59. The Morgan fingerprint density at radius 1 is 0.649 bits per heavy atom. The van der Waals surface area contributed by atoms with Crippen LogP contribution in [0.4, 0.5) is 0 Å². The second-order valence-corrected chi connectivity index (χ2v) is 11.0. The lowest BCUT2D eigenvalue weighted by atomic mass is 10.1. The van der Waals surface area contributed by atoms with E-state index in [1.807, 2.05) is 47.7 Å². The third-order valence-electron chi connectivity index (χ3n) is 6.64. The lowest BCUT2D eigenvalue weighted by Gasteiger charge is -2.08. The highest BCUT2D eigenvalue weighted by Crippen LogP contribution is 2.30. The van der Waals surface area contributed by atoms with Gasteiger partial charge in [0.1, 0.15) is 11.5 Å². The van der Waals surface area contributed by atoms with Crippen LogP contribution in [0.2, 0.25) is 0 Å². The first kappa shape index (κ1) is 29.0. The van der Waals surface area contributed by atoms with E-state index in [1.54, 1.807) is 12.1 Å². The minimum absolute atomic E-state index is 0.346. The van der Waals surface area contributed by atoms with Gasteiger partial charge in [-0.15, -0.1) is 11.3 Å². The summed E-state index contributed by atoms with van der Waals surface area (Å²) in [6.45, 7) is 5.19. The van der Waals surface area contributed by atoms with Gasteiger partial charge in [-0.1, -0.05) is 90.2 Å². The molecule has 0 aliphatic heterocycles. The SMILES string of the molecule is CCCCCCCCCCc1ccc(-c2ccc(C(=O)Oc3ccc(OCCCCCC)cc3)cc2)s1. The summed E-state index contributed by atoms with van der Waals surface area (Å²) in [4.78, 5) is 15.3. The van der Waals surface area contributed by atoms with Gasteiger partial charge < -0.3 is 9.47 Å². The highest BCUT2D eigenvalue weighted by molar-refractivity contribution is 7.15. The van der Waals surface area contributed by atoms with Crippen LogP contribution in [0.15, 0.2) is 60.7 Å². The number of ether oxygens (including phenoxy) is 2. The van der Waals surface area contributed by atoms with Gasteiger partial charge in [-0.05, 0) is 73.4 Å². The summed E-state index contributed by atoms with van der Waals surface area (Å²) in [5.41, 5.74) is 1.69.